The monoisotopic (exact) mass is 235 g/mol. The average Bonchev–Trinajstić information content (AvgIpc) is 2.82. The molecule has 2 rings (SSSR count). The first-order chi connectivity index (χ1) is 8.22. The third-order valence-corrected chi connectivity index (χ3v) is 4.18. The maximum Gasteiger partial charge on any atom is 0.115 e. The van der Waals surface area contributed by atoms with Crippen LogP contribution in [0.3, 0.4) is 0 Å². The minimum atomic E-state index is -0.0499. The zero-order valence-corrected chi connectivity index (χ0v) is 10.1. The highest BCUT2D eigenvalue weighted by atomic mass is 16.3. The Morgan fingerprint density at radius 2 is 1.76 bits per heavy atom. The zero-order valence-electron chi connectivity index (χ0n) is 10.1. The van der Waals surface area contributed by atoms with Gasteiger partial charge in [0, 0.05) is 17.9 Å². The van der Waals surface area contributed by atoms with Crippen LogP contribution >= 0.6 is 0 Å². The molecule has 1 aliphatic carbocycles. The number of phenolic OH excluding ortho intramolecular Hbond substituents is 1. The summed E-state index contributed by atoms with van der Waals surface area (Å²) in [5.41, 5.74) is 6.99. The van der Waals surface area contributed by atoms with E-state index in [9.17, 15) is 10.2 Å². The Bertz CT molecular complexity index is 355. The molecular formula is C14H21NO2. The molecule has 1 fully saturated rings. The van der Waals surface area contributed by atoms with Gasteiger partial charge in [0.05, 0.1) is 0 Å². The van der Waals surface area contributed by atoms with E-state index >= 15 is 0 Å². The lowest BCUT2D eigenvalue weighted by molar-refractivity contribution is 0.102. The van der Waals surface area contributed by atoms with Gasteiger partial charge in [0.1, 0.15) is 5.75 Å². The second-order valence-corrected chi connectivity index (χ2v) is 5.11. The molecule has 1 aliphatic rings. The molecule has 0 radical (unpaired) electrons. The predicted octanol–water partition coefficient (Wildman–Crippen LogP) is 1.99. The Morgan fingerprint density at radius 3 is 2.24 bits per heavy atom. The van der Waals surface area contributed by atoms with Gasteiger partial charge >= 0.3 is 0 Å². The highest BCUT2D eigenvalue weighted by Gasteiger charge is 2.40. The molecular weight excluding hydrogens is 214 g/mol. The van der Waals surface area contributed by atoms with Gasteiger partial charge in [0.2, 0.25) is 0 Å². The van der Waals surface area contributed by atoms with Crippen molar-refractivity contribution in [1.82, 2.24) is 0 Å². The Morgan fingerprint density at radius 1 is 1.18 bits per heavy atom. The summed E-state index contributed by atoms with van der Waals surface area (Å²) >= 11 is 0. The largest absolute Gasteiger partial charge is 0.508 e. The highest BCUT2D eigenvalue weighted by Crippen LogP contribution is 2.48. The average molecular weight is 235 g/mol. The van der Waals surface area contributed by atoms with Crippen molar-refractivity contribution in [2.45, 2.75) is 31.6 Å². The lowest BCUT2D eigenvalue weighted by atomic mass is 9.71. The van der Waals surface area contributed by atoms with Gasteiger partial charge in [-0.25, -0.2) is 0 Å². The summed E-state index contributed by atoms with van der Waals surface area (Å²) in [4.78, 5) is 0. The van der Waals surface area contributed by atoms with Crippen molar-refractivity contribution >= 4 is 0 Å². The van der Waals surface area contributed by atoms with E-state index in [2.05, 4.69) is 0 Å². The fourth-order valence-electron chi connectivity index (χ4n) is 3.14. The summed E-state index contributed by atoms with van der Waals surface area (Å²) in [6.45, 7) is 0.751. The molecule has 0 amide bonds. The first-order valence-electron chi connectivity index (χ1n) is 6.32. The van der Waals surface area contributed by atoms with Gasteiger partial charge < -0.3 is 15.9 Å². The van der Waals surface area contributed by atoms with Crippen LogP contribution in [0.4, 0.5) is 0 Å². The summed E-state index contributed by atoms with van der Waals surface area (Å²) < 4.78 is 0. The number of phenols is 1. The molecule has 0 unspecified atom stereocenters. The zero-order chi connectivity index (χ0) is 12.3. The van der Waals surface area contributed by atoms with Crippen molar-refractivity contribution in [3.05, 3.63) is 29.8 Å². The molecule has 1 saturated carbocycles. The van der Waals surface area contributed by atoms with Gasteiger partial charge in [-0.15, -0.1) is 0 Å². The first-order valence-corrected chi connectivity index (χ1v) is 6.32. The second-order valence-electron chi connectivity index (χ2n) is 5.11. The molecule has 94 valence electrons. The minimum Gasteiger partial charge on any atom is -0.508 e. The number of aliphatic hydroxyl groups is 1. The van der Waals surface area contributed by atoms with E-state index in [0.717, 1.165) is 18.4 Å². The summed E-state index contributed by atoms with van der Waals surface area (Å²) in [6.07, 6.45) is 4.45. The molecule has 17 heavy (non-hydrogen) atoms. The van der Waals surface area contributed by atoms with Crippen molar-refractivity contribution < 1.29 is 10.2 Å². The Kier molecular flexibility index (Phi) is 3.69. The van der Waals surface area contributed by atoms with Crippen LogP contribution in [0.5, 0.6) is 5.75 Å². The van der Waals surface area contributed by atoms with Crippen molar-refractivity contribution in [3.8, 4) is 5.75 Å². The van der Waals surface area contributed by atoms with E-state index in [1.54, 1.807) is 12.1 Å². The highest BCUT2D eigenvalue weighted by molar-refractivity contribution is 5.30. The number of aliphatic hydroxyl groups excluding tert-OH is 1. The van der Waals surface area contributed by atoms with E-state index < -0.39 is 0 Å². The van der Waals surface area contributed by atoms with E-state index in [1.807, 2.05) is 12.1 Å². The summed E-state index contributed by atoms with van der Waals surface area (Å²) in [5, 5.41) is 19.0. The van der Waals surface area contributed by atoms with Crippen molar-refractivity contribution in [2.24, 2.45) is 11.1 Å². The topological polar surface area (TPSA) is 66.5 Å². The van der Waals surface area contributed by atoms with Gasteiger partial charge in [0.15, 0.2) is 0 Å². The van der Waals surface area contributed by atoms with E-state index in [0.29, 0.717) is 6.54 Å². The van der Waals surface area contributed by atoms with Crippen LogP contribution in [0, 0.1) is 5.41 Å². The number of aromatic hydroxyl groups is 1. The summed E-state index contributed by atoms with van der Waals surface area (Å²) in [5.74, 6) is 0.463. The number of benzene rings is 1. The van der Waals surface area contributed by atoms with Crippen LogP contribution in [0.1, 0.15) is 37.2 Å². The first kappa shape index (κ1) is 12.4. The smallest absolute Gasteiger partial charge is 0.115 e. The quantitative estimate of drug-likeness (QED) is 0.747. The van der Waals surface area contributed by atoms with Crippen molar-refractivity contribution in [2.75, 3.05) is 13.2 Å². The molecule has 0 aromatic heterocycles. The Balaban J connectivity index is 2.28. The third-order valence-electron chi connectivity index (χ3n) is 4.18. The van der Waals surface area contributed by atoms with Gasteiger partial charge in [-0.05, 0) is 37.1 Å². The predicted molar refractivity (Wildman–Crippen MR) is 67.9 cm³/mol. The fourth-order valence-corrected chi connectivity index (χ4v) is 3.14. The minimum absolute atomic E-state index is 0.0499. The number of hydrogen-bond donors (Lipinski definition) is 3. The molecule has 0 heterocycles. The van der Waals surface area contributed by atoms with Gasteiger partial charge in [-0.3, -0.25) is 0 Å². The SMILES string of the molecule is NC[C@@H](c1ccc(O)cc1)C1(CO)CCCC1. The molecule has 0 bridgehead atoms. The van der Waals surface area contributed by atoms with Crippen LogP contribution < -0.4 is 5.73 Å². The maximum absolute atomic E-state index is 9.73. The Hall–Kier alpha value is -1.06. The molecule has 4 N–H and O–H groups in total. The van der Waals surface area contributed by atoms with Crippen molar-refractivity contribution in [1.29, 1.82) is 0 Å². The molecule has 1 atom stereocenters. The van der Waals surface area contributed by atoms with Crippen LogP contribution in [-0.4, -0.2) is 23.4 Å². The van der Waals surface area contributed by atoms with Gasteiger partial charge in [-0.2, -0.15) is 0 Å². The summed E-state index contributed by atoms with van der Waals surface area (Å²) in [6, 6.07) is 7.22. The van der Waals surface area contributed by atoms with Crippen molar-refractivity contribution in [3.63, 3.8) is 0 Å². The molecule has 3 nitrogen and oxygen atoms in total. The van der Waals surface area contributed by atoms with Crippen LogP contribution in [0.25, 0.3) is 0 Å². The summed E-state index contributed by atoms with van der Waals surface area (Å²) in [7, 11) is 0. The Labute approximate surface area is 102 Å². The molecule has 0 spiro atoms. The molecule has 0 aliphatic heterocycles. The number of rotatable bonds is 4. The van der Waals surface area contributed by atoms with E-state index in [1.165, 1.54) is 12.8 Å². The van der Waals surface area contributed by atoms with Crippen LogP contribution in [-0.2, 0) is 0 Å². The lowest BCUT2D eigenvalue weighted by Crippen LogP contribution is -2.34. The normalized spacial score (nSPS) is 20.4. The lowest BCUT2D eigenvalue weighted by Gasteiger charge is -2.35. The number of nitrogens with two attached hydrogens (primary N) is 1. The molecule has 1 aromatic carbocycles. The van der Waals surface area contributed by atoms with E-state index in [-0.39, 0.29) is 23.7 Å². The number of hydrogen-bond acceptors (Lipinski definition) is 3. The molecule has 0 saturated heterocycles. The maximum atomic E-state index is 9.73. The standard InChI is InChI=1S/C14H21NO2/c15-9-13(11-3-5-12(17)6-4-11)14(10-16)7-1-2-8-14/h3-6,13,16-17H,1-2,7-10,15H2/t13-/m0/s1. The van der Waals surface area contributed by atoms with Gasteiger partial charge in [-0.1, -0.05) is 25.0 Å². The fraction of sp³-hybridized carbons (Fsp3) is 0.571. The van der Waals surface area contributed by atoms with E-state index in [4.69, 9.17) is 5.73 Å². The second kappa shape index (κ2) is 5.07. The molecule has 1 aromatic rings. The third kappa shape index (κ3) is 2.31. The van der Waals surface area contributed by atoms with Crippen LogP contribution in [0.2, 0.25) is 0 Å². The van der Waals surface area contributed by atoms with Gasteiger partial charge in [0.25, 0.3) is 0 Å². The molecule has 3 heteroatoms. The van der Waals surface area contributed by atoms with Crippen LogP contribution in [0.15, 0.2) is 24.3 Å².